The van der Waals surface area contributed by atoms with Gasteiger partial charge in [0.2, 0.25) is 0 Å². The zero-order valence-corrected chi connectivity index (χ0v) is 20.5. The molecule has 23 heavy (non-hydrogen) atoms. The lowest BCUT2D eigenvalue weighted by Crippen LogP contribution is -2.59. The van der Waals surface area contributed by atoms with Crippen molar-refractivity contribution in [1.29, 1.82) is 0 Å². The average molecular weight is 380 g/mol. The summed E-state index contributed by atoms with van der Waals surface area (Å²) in [6, 6.07) is 1.11. The second-order valence-corrected chi connectivity index (χ2v) is 20.9. The minimum Gasteiger partial charge on any atom is -0.380 e. The van der Waals surface area contributed by atoms with Crippen molar-refractivity contribution < 1.29 is 14.2 Å². The highest BCUT2D eigenvalue weighted by atomic mass is 28.4. The Morgan fingerprint density at radius 1 is 0.870 bits per heavy atom. The lowest BCUT2D eigenvalue weighted by atomic mass is 10.7. The van der Waals surface area contributed by atoms with Crippen LogP contribution in [0.3, 0.4) is 0 Å². The lowest BCUT2D eigenvalue weighted by Gasteiger charge is -2.43. The largest absolute Gasteiger partial charge is 0.380 e. The fourth-order valence-electron chi connectivity index (χ4n) is 3.23. The fraction of sp³-hybridized carbons (Fsp3) is 1.00. The molecule has 0 bridgehead atoms. The van der Waals surface area contributed by atoms with Gasteiger partial charge in [-0.3, -0.25) is 0 Å². The van der Waals surface area contributed by atoms with E-state index in [2.05, 4.69) is 50.4 Å². The summed E-state index contributed by atoms with van der Waals surface area (Å²) in [5.41, 5.74) is -0.324. The van der Waals surface area contributed by atoms with Crippen LogP contribution in [0.15, 0.2) is 0 Å². The third kappa shape index (κ3) is 10.2. The van der Waals surface area contributed by atoms with Crippen molar-refractivity contribution in [3.05, 3.63) is 0 Å². The summed E-state index contributed by atoms with van der Waals surface area (Å²) in [4.78, 5) is 0. The lowest BCUT2D eigenvalue weighted by molar-refractivity contribution is -0.163. The van der Waals surface area contributed by atoms with Crippen LogP contribution in [0.2, 0.25) is 45.3 Å². The Labute approximate surface area is 149 Å². The zero-order valence-electron chi connectivity index (χ0n) is 17.1. The molecular weight excluding hydrogens is 338 g/mol. The van der Waals surface area contributed by atoms with Gasteiger partial charge in [0, 0.05) is 26.4 Å². The number of rotatable bonds is 13. The molecule has 0 atom stereocenters. The van der Waals surface area contributed by atoms with E-state index in [1.54, 1.807) is 0 Å². The van der Waals surface area contributed by atoms with Crippen LogP contribution in [0, 0.1) is 0 Å². The maximum absolute atomic E-state index is 5.93. The van der Waals surface area contributed by atoms with Crippen molar-refractivity contribution in [3.63, 3.8) is 0 Å². The van der Waals surface area contributed by atoms with Crippen LogP contribution in [0.1, 0.15) is 20.8 Å². The third-order valence-corrected chi connectivity index (χ3v) is 13.6. The smallest absolute Gasteiger partial charge is 0.142 e. The van der Waals surface area contributed by atoms with Crippen molar-refractivity contribution in [1.82, 2.24) is 4.23 Å². The van der Waals surface area contributed by atoms with Crippen molar-refractivity contribution in [3.8, 4) is 0 Å². The quantitative estimate of drug-likeness (QED) is 0.279. The van der Waals surface area contributed by atoms with Gasteiger partial charge in [0.15, 0.2) is 0 Å². The van der Waals surface area contributed by atoms with E-state index in [9.17, 15) is 0 Å². The van der Waals surface area contributed by atoms with Crippen LogP contribution in [-0.2, 0) is 14.2 Å². The molecule has 140 valence electrons. The highest BCUT2D eigenvalue weighted by molar-refractivity contribution is 6.89. The third-order valence-electron chi connectivity index (χ3n) is 3.90. The molecular formula is C16H41NO3Si3. The maximum atomic E-state index is 5.93. The summed E-state index contributed by atoms with van der Waals surface area (Å²) in [6.45, 7) is 25.0. The standard InChI is InChI=1S/C16H41NO3Si3/c1-10-19-16(3,20-11-2)21-15-14-18-13-12-17(22(4,5)6)23(7,8)9/h10-15,21H2,1-9H3. The molecule has 0 rings (SSSR count). The van der Waals surface area contributed by atoms with E-state index in [0.29, 0.717) is 13.2 Å². The molecule has 0 aromatic carbocycles. The number of hydrogen-bond donors (Lipinski definition) is 0. The average Bonchev–Trinajstić information content (AvgIpc) is 2.35. The normalized spacial score (nSPS) is 14.3. The highest BCUT2D eigenvalue weighted by Gasteiger charge is 2.33. The van der Waals surface area contributed by atoms with Crippen LogP contribution in [-0.4, -0.2) is 68.6 Å². The van der Waals surface area contributed by atoms with Gasteiger partial charge in [-0.25, -0.2) is 0 Å². The first-order chi connectivity index (χ1) is 10.5. The predicted octanol–water partition coefficient (Wildman–Crippen LogP) is 3.31. The molecule has 4 nitrogen and oxygen atoms in total. The van der Waals surface area contributed by atoms with E-state index >= 15 is 0 Å². The van der Waals surface area contributed by atoms with Gasteiger partial charge >= 0.3 is 0 Å². The Kier molecular flexibility index (Phi) is 10.7. The van der Waals surface area contributed by atoms with Gasteiger partial charge in [0.1, 0.15) is 21.9 Å². The molecule has 0 amide bonds. The predicted molar refractivity (Wildman–Crippen MR) is 109 cm³/mol. The molecule has 0 aliphatic carbocycles. The van der Waals surface area contributed by atoms with Crippen molar-refractivity contribution in [2.75, 3.05) is 33.0 Å². The Hall–Kier alpha value is 0.491. The van der Waals surface area contributed by atoms with E-state index in [1.807, 2.05) is 13.8 Å². The van der Waals surface area contributed by atoms with Gasteiger partial charge in [-0.15, -0.1) is 0 Å². The van der Waals surface area contributed by atoms with Crippen molar-refractivity contribution in [2.45, 2.75) is 71.5 Å². The topological polar surface area (TPSA) is 30.9 Å². The van der Waals surface area contributed by atoms with Gasteiger partial charge in [-0.2, -0.15) is 0 Å². The summed E-state index contributed by atoms with van der Waals surface area (Å²) >= 11 is 0. The van der Waals surface area contributed by atoms with Crippen LogP contribution >= 0.6 is 0 Å². The van der Waals surface area contributed by atoms with Crippen molar-refractivity contribution in [2.24, 2.45) is 0 Å². The minimum atomic E-state index is -1.26. The van der Waals surface area contributed by atoms with E-state index in [1.165, 1.54) is 0 Å². The van der Waals surface area contributed by atoms with Gasteiger partial charge in [0.05, 0.1) is 16.1 Å². The van der Waals surface area contributed by atoms with Crippen LogP contribution < -0.4 is 0 Å². The zero-order chi connectivity index (χ0) is 18.1. The summed E-state index contributed by atoms with van der Waals surface area (Å²) < 4.78 is 20.3. The molecule has 7 heteroatoms. The molecule has 0 aliphatic heterocycles. The summed E-state index contributed by atoms with van der Waals surface area (Å²) in [7, 11) is -2.98. The number of nitrogens with zero attached hydrogens (tertiary/aromatic N) is 1. The molecule has 0 aliphatic rings. The first kappa shape index (κ1) is 23.5. The molecule has 0 saturated carbocycles. The number of hydrogen-bond acceptors (Lipinski definition) is 4. The molecule has 0 heterocycles. The van der Waals surface area contributed by atoms with E-state index in [-0.39, 0.29) is 5.41 Å². The van der Waals surface area contributed by atoms with E-state index in [0.717, 1.165) is 25.8 Å². The van der Waals surface area contributed by atoms with Gasteiger partial charge < -0.3 is 18.4 Å². The fourth-order valence-corrected chi connectivity index (χ4v) is 14.5. The van der Waals surface area contributed by atoms with E-state index < -0.39 is 26.0 Å². The van der Waals surface area contributed by atoms with Gasteiger partial charge in [-0.1, -0.05) is 39.3 Å². The summed E-state index contributed by atoms with van der Waals surface area (Å²) in [6.07, 6.45) is 0. The molecule has 0 N–H and O–H groups in total. The van der Waals surface area contributed by atoms with Gasteiger partial charge in [0.25, 0.3) is 0 Å². The first-order valence-corrected chi connectivity index (χ1v) is 17.7. The van der Waals surface area contributed by atoms with Crippen molar-refractivity contribution >= 4 is 26.0 Å². The van der Waals surface area contributed by atoms with Crippen LogP contribution in [0.4, 0.5) is 0 Å². The molecule has 0 radical (unpaired) electrons. The second kappa shape index (κ2) is 10.5. The van der Waals surface area contributed by atoms with Crippen LogP contribution in [0.25, 0.3) is 0 Å². The Morgan fingerprint density at radius 2 is 1.35 bits per heavy atom. The Morgan fingerprint density at radius 3 is 1.74 bits per heavy atom. The summed E-state index contributed by atoms with van der Waals surface area (Å²) in [5, 5.41) is 0. The SMILES string of the molecule is CCOC(C)(OCC)[SiH2]CCOCCN([Si](C)(C)C)[Si](C)(C)C. The summed E-state index contributed by atoms with van der Waals surface area (Å²) in [5.74, 6) is 0. The monoisotopic (exact) mass is 379 g/mol. The Balaban J connectivity index is 4.12. The molecule has 0 unspecified atom stereocenters. The highest BCUT2D eigenvalue weighted by Crippen LogP contribution is 2.19. The minimum absolute atomic E-state index is 0.324. The molecule has 0 spiro atoms. The van der Waals surface area contributed by atoms with Crippen LogP contribution in [0.5, 0.6) is 0 Å². The van der Waals surface area contributed by atoms with Gasteiger partial charge in [-0.05, 0) is 26.8 Å². The molecule has 0 aromatic rings. The molecule has 0 fully saturated rings. The maximum Gasteiger partial charge on any atom is 0.142 e. The van der Waals surface area contributed by atoms with E-state index in [4.69, 9.17) is 14.2 Å². The second-order valence-electron chi connectivity index (χ2n) is 8.21. The molecule has 0 saturated heterocycles. The first-order valence-electron chi connectivity index (χ1n) is 9.09. The number of ether oxygens (including phenoxy) is 3. The molecule has 0 aromatic heterocycles. The Bertz CT molecular complexity index is 297.